The van der Waals surface area contributed by atoms with Crippen LogP contribution in [0.4, 0.5) is 8.78 Å². The van der Waals surface area contributed by atoms with E-state index in [1.807, 2.05) is 0 Å². The Morgan fingerprint density at radius 3 is 1.47 bits per heavy atom. The molecule has 0 aliphatic heterocycles. The van der Waals surface area contributed by atoms with Gasteiger partial charge in [0.2, 0.25) is 0 Å². The molecular weight excluding hydrogens is 426 g/mol. The Hall–Kier alpha value is -2.66. The number of ether oxygens (including phenoxy) is 1. The first kappa shape index (κ1) is 24.0. The zero-order valence-corrected chi connectivity index (χ0v) is 19.1. The van der Waals surface area contributed by atoms with Gasteiger partial charge in [-0.25, -0.2) is 4.79 Å². The van der Waals surface area contributed by atoms with Crippen molar-refractivity contribution in [1.82, 2.24) is 0 Å². The number of hydrogen-bond donors (Lipinski definition) is 0. The largest absolute Gasteiger partial charge is 0.458 e. The molecule has 0 unspecified atom stereocenters. The van der Waals surface area contributed by atoms with E-state index in [9.17, 15) is 13.6 Å². The Labute approximate surface area is 192 Å². The molecule has 4 rings (SSSR count). The second-order valence-corrected chi connectivity index (χ2v) is 9.83. The highest BCUT2D eigenvalue weighted by Gasteiger charge is 2.36. The van der Waals surface area contributed by atoms with Gasteiger partial charge in [0.05, 0.1) is 10.9 Å². The van der Waals surface area contributed by atoms with Crippen molar-refractivity contribution >= 4 is 16.9 Å². The van der Waals surface area contributed by atoms with E-state index in [4.69, 9.17) is 0 Å². The minimum Gasteiger partial charge on any atom is -0.458 e. The number of esters is 1. The molecule has 0 N–H and O–H groups in total. The van der Waals surface area contributed by atoms with Gasteiger partial charge in [-0.15, -0.1) is 0 Å². The first-order chi connectivity index (χ1) is 15.4. The van der Waals surface area contributed by atoms with Crippen LogP contribution in [0.2, 0.25) is 0 Å². The highest BCUT2D eigenvalue weighted by molar-refractivity contribution is 7.97. The zero-order valence-electron chi connectivity index (χ0n) is 18.3. The summed E-state index contributed by atoms with van der Waals surface area (Å²) >= 11 is 0. The summed E-state index contributed by atoms with van der Waals surface area (Å²) in [7, 11) is -0.0146. The first-order valence-electron chi connectivity index (χ1n) is 10.9. The molecule has 0 heterocycles. The summed E-state index contributed by atoms with van der Waals surface area (Å²) < 4.78 is 29.5. The molecule has 168 valence electrons. The van der Waals surface area contributed by atoms with Crippen LogP contribution in [0.25, 0.3) is 0 Å². The van der Waals surface area contributed by atoms with Crippen molar-refractivity contribution in [2.75, 3.05) is 0 Å². The second-order valence-electron chi connectivity index (χ2n) is 7.80. The number of alkyl halides is 2. The van der Waals surface area contributed by atoms with Crippen molar-refractivity contribution in [2.45, 2.75) is 65.7 Å². The van der Waals surface area contributed by atoms with Crippen LogP contribution in [-0.4, -0.2) is 18.0 Å². The summed E-state index contributed by atoms with van der Waals surface area (Å²) in [6, 6.07) is 32.2. The number of rotatable bonds is 5. The SMILES string of the molecule is CC(F)(F)C(=O)OC1CCCCC1.c1ccc([S+](c2ccccc2)c2ccccc2)cc1. The van der Waals surface area contributed by atoms with Crippen LogP contribution >= 0.6 is 0 Å². The van der Waals surface area contributed by atoms with E-state index in [2.05, 4.69) is 95.7 Å². The van der Waals surface area contributed by atoms with Crippen molar-refractivity contribution in [1.29, 1.82) is 0 Å². The lowest BCUT2D eigenvalue weighted by atomic mass is 9.98. The van der Waals surface area contributed by atoms with Gasteiger partial charge in [-0.3, -0.25) is 0 Å². The summed E-state index contributed by atoms with van der Waals surface area (Å²) in [6.07, 6.45) is 4.20. The molecule has 0 atom stereocenters. The molecule has 0 spiro atoms. The molecule has 3 aromatic rings. The van der Waals surface area contributed by atoms with Crippen molar-refractivity contribution in [3.05, 3.63) is 91.0 Å². The zero-order chi connectivity index (χ0) is 22.8. The number of halogens is 2. The quantitative estimate of drug-likeness (QED) is 0.298. The van der Waals surface area contributed by atoms with E-state index >= 15 is 0 Å². The Balaban J connectivity index is 0.000000195. The molecule has 0 saturated heterocycles. The Bertz CT molecular complexity index is 844. The predicted molar refractivity (Wildman–Crippen MR) is 125 cm³/mol. The maximum atomic E-state index is 12.4. The number of hydrogen-bond acceptors (Lipinski definition) is 2. The van der Waals surface area contributed by atoms with E-state index in [-0.39, 0.29) is 17.0 Å². The summed E-state index contributed by atoms with van der Waals surface area (Å²) in [5, 5.41) is 0. The van der Waals surface area contributed by atoms with Crippen molar-refractivity contribution in [2.24, 2.45) is 0 Å². The highest BCUT2D eigenvalue weighted by atomic mass is 32.2. The topological polar surface area (TPSA) is 26.3 Å². The molecule has 1 saturated carbocycles. The average Bonchev–Trinajstić information content (AvgIpc) is 2.82. The summed E-state index contributed by atoms with van der Waals surface area (Å²) in [5.41, 5.74) is 0. The van der Waals surface area contributed by atoms with Gasteiger partial charge in [0.15, 0.2) is 14.7 Å². The highest BCUT2D eigenvalue weighted by Crippen LogP contribution is 2.30. The van der Waals surface area contributed by atoms with Gasteiger partial charge in [-0.2, -0.15) is 8.78 Å². The molecule has 0 radical (unpaired) electrons. The van der Waals surface area contributed by atoms with Crippen molar-refractivity contribution in [3.63, 3.8) is 0 Å². The van der Waals surface area contributed by atoms with Gasteiger partial charge in [0.1, 0.15) is 6.10 Å². The number of benzene rings is 3. The van der Waals surface area contributed by atoms with E-state index in [1.165, 1.54) is 14.7 Å². The lowest BCUT2D eigenvalue weighted by Crippen LogP contribution is -2.32. The van der Waals surface area contributed by atoms with Crippen LogP contribution in [0.1, 0.15) is 39.0 Å². The van der Waals surface area contributed by atoms with Crippen molar-refractivity contribution < 1.29 is 18.3 Å². The standard InChI is InChI=1S/C18H15S.C9H14F2O2/c1-4-10-16(11-5-1)19(17-12-6-2-7-13-17)18-14-8-3-9-15-18;1-9(10,11)8(12)13-7-5-3-2-4-6-7/h1-15H;7H,2-6H2,1H3/q+1;. The third-order valence-electron chi connectivity index (χ3n) is 5.12. The third kappa shape index (κ3) is 7.20. The fourth-order valence-electron chi connectivity index (χ4n) is 3.52. The predicted octanol–water partition coefficient (Wildman–Crippen LogP) is 7.30. The van der Waals surface area contributed by atoms with Crippen LogP contribution in [-0.2, 0) is 20.4 Å². The van der Waals surface area contributed by atoms with Gasteiger partial charge in [0.25, 0.3) is 0 Å². The molecule has 5 heteroatoms. The first-order valence-corrected chi connectivity index (χ1v) is 12.2. The van der Waals surface area contributed by atoms with Gasteiger partial charge >= 0.3 is 11.9 Å². The molecule has 0 aromatic heterocycles. The average molecular weight is 456 g/mol. The molecule has 32 heavy (non-hydrogen) atoms. The monoisotopic (exact) mass is 455 g/mol. The fourth-order valence-corrected chi connectivity index (χ4v) is 5.62. The molecule has 1 aliphatic rings. The van der Waals surface area contributed by atoms with E-state index in [0.717, 1.165) is 32.1 Å². The lowest BCUT2D eigenvalue weighted by molar-refractivity contribution is -0.176. The number of carbonyl (C=O) groups is 1. The summed E-state index contributed by atoms with van der Waals surface area (Å²) in [4.78, 5) is 14.8. The van der Waals surface area contributed by atoms with Crippen LogP contribution in [0.5, 0.6) is 0 Å². The molecule has 1 fully saturated rings. The summed E-state index contributed by atoms with van der Waals surface area (Å²) in [6.45, 7) is 0.568. The molecular formula is C27H29F2O2S+. The van der Waals surface area contributed by atoms with Crippen LogP contribution in [0.3, 0.4) is 0 Å². The fraction of sp³-hybridized carbons (Fsp3) is 0.296. The van der Waals surface area contributed by atoms with E-state index < -0.39 is 11.9 Å². The Morgan fingerprint density at radius 1 is 0.750 bits per heavy atom. The number of carbonyl (C=O) groups excluding carboxylic acids is 1. The maximum Gasteiger partial charge on any atom is 0.376 e. The molecule has 2 nitrogen and oxygen atoms in total. The third-order valence-corrected chi connectivity index (χ3v) is 7.35. The van der Waals surface area contributed by atoms with E-state index in [0.29, 0.717) is 6.92 Å². The minimum absolute atomic E-state index is 0.0146. The van der Waals surface area contributed by atoms with Crippen LogP contribution < -0.4 is 0 Å². The maximum absolute atomic E-state index is 12.4. The van der Waals surface area contributed by atoms with Gasteiger partial charge in [-0.1, -0.05) is 61.0 Å². The Morgan fingerprint density at radius 2 is 1.12 bits per heavy atom. The van der Waals surface area contributed by atoms with Crippen molar-refractivity contribution in [3.8, 4) is 0 Å². The summed E-state index contributed by atoms with van der Waals surface area (Å²) in [5.74, 6) is -4.74. The molecule has 0 bridgehead atoms. The smallest absolute Gasteiger partial charge is 0.376 e. The van der Waals surface area contributed by atoms with Gasteiger partial charge < -0.3 is 4.74 Å². The Kier molecular flexibility index (Phi) is 8.86. The second kappa shape index (κ2) is 11.8. The van der Waals surface area contributed by atoms with Crippen LogP contribution in [0, 0.1) is 0 Å². The van der Waals surface area contributed by atoms with Crippen LogP contribution in [0.15, 0.2) is 106 Å². The van der Waals surface area contributed by atoms with Gasteiger partial charge in [-0.05, 0) is 62.1 Å². The molecule has 3 aromatic carbocycles. The lowest BCUT2D eigenvalue weighted by Gasteiger charge is -2.23. The normalized spacial score (nSPS) is 14.4. The molecule has 0 amide bonds. The minimum atomic E-state index is -3.35. The van der Waals surface area contributed by atoms with Gasteiger partial charge in [0, 0.05) is 6.92 Å². The van der Waals surface area contributed by atoms with E-state index in [1.54, 1.807) is 0 Å². The molecule has 1 aliphatic carbocycles.